The minimum atomic E-state index is 0.00600. The van der Waals surface area contributed by atoms with Crippen molar-refractivity contribution in [1.82, 2.24) is 0 Å². The van der Waals surface area contributed by atoms with E-state index in [1.54, 1.807) is 0 Å². The molecule has 96 valence electrons. The number of aliphatic hydroxyl groups excluding tert-OH is 1. The average Bonchev–Trinajstić information content (AvgIpc) is 2.34. The van der Waals surface area contributed by atoms with E-state index >= 15 is 0 Å². The van der Waals surface area contributed by atoms with Gasteiger partial charge in [0.15, 0.2) is 0 Å². The lowest BCUT2D eigenvalue weighted by atomic mass is 9.83. The first-order chi connectivity index (χ1) is 7.84. The number of hydrogen-bond acceptors (Lipinski definition) is 1. The molecule has 0 aromatic heterocycles. The smallest absolute Gasteiger partial charge is 0.0568 e. The zero-order valence-electron chi connectivity index (χ0n) is 11.1. The Morgan fingerprint density at radius 1 is 0.938 bits per heavy atom. The third-order valence-corrected chi connectivity index (χ3v) is 4.05. The van der Waals surface area contributed by atoms with Crippen molar-refractivity contribution < 1.29 is 5.11 Å². The summed E-state index contributed by atoms with van der Waals surface area (Å²) in [7, 11) is 0. The maximum absolute atomic E-state index is 10.1. The van der Waals surface area contributed by atoms with Gasteiger partial charge in [0.05, 0.1) is 6.10 Å². The summed E-state index contributed by atoms with van der Waals surface area (Å²) in [4.78, 5) is 0. The van der Waals surface area contributed by atoms with Crippen molar-refractivity contribution in [2.24, 2.45) is 5.92 Å². The van der Waals surface area contributed by atoms with E-state index in [0.717, 1.165) is 6.42 Å². The lowest BCUT2D eigenvalue weighted by molar-refractivity contribution is 0.0748. The number of unbranched alkanes of at least 4 members (excludes halogenated alkanes) is 5. The lowest BCUT2D eigenvalue weighted by Gasteiger charge is -2.26. The molecule has 0 heterocycles. The first-order valence-electron chi connectivity index (χ1n) is 7.52. The average molecular weight is 226 g/mol. The molecule has 1 N–H and O–H groups in total. The van der Waals surface area contributed by atoms with Gasteiger partial charge in [0.1, 0.15) is 0 Å². The van der Waals surface area contributed by atoms with Crippen molar-refractivity contribution in [3.05, 3.63) is 0 Å². The van der Waals surface area contributed by atoms with E-state index in [1.807, 2.05) is 0 Å². The largest absolute Gasteiger partial charge is 0.393 e. The molecule has 1 saturated carbocycles. The Kier molecular flexibility index (Phi) is 7.92. The second kappa shape index (κ2) is 9.04. The van der Waals surface area contributed by atoms with Gasteiger partial charge < -0.3 is 5.11 Å². The van der Waals surface area contributed by atoms with Crippen LogP contribution in [0.25, 0.3) is 0 Å². The molecule has 1 atom stereocenters. The van der Waals surface area contributed by atoms with Crippen molar-refractivity contribution in [1.29, 1.82) is 0 Å². The van der Waals surface area contributed by atoms with E-state index in [2.05, 4.69) is 6.92 Å². The van der Waals surface area contributed by atoms with E-state index < -0.39 is 0 Å². The molecule has 1 fully saturated rings. The summed E-state index contributed by atoms with van der Waals surface area (Å²) < 4.78 is 0. The van der Waals surface area contributed by atoms with Gasteiger partial charge in [-0.3, -0.25) is 0 Å². The molecule has 0 bridgehead atoms. The Bertz CT molecular complexity index is 150. The lowest BCUT2D eigenvalue weighted by Crippen LogP contribution is -2.22. The van der Waals surface area contributed by atoms with Gasteiger partial charge >= 0.3 is 0 Å². The third-order valence-electron chi connectivity index (χ3n) is 4.05. The predicted octanol–water partition coefficient (Wildman–Crippen LogP) is 4.68. The van der Waals surface area contributed by atoms with Crippen LogP contribution < -0.4 is 0 Å². The summed E-state index contributed by atoms with van der Waals surface area (Å²) in [5.41, 5.74) is 0. The van der Waals surface area contributed by atoms with Crippen LogP contribution in [-0.2, 0) is 0 Å². The van der Waals surface area contributed by atoms with Gasteiger partial charge in [-0.05, 0) is 25.2 Å². The van der Waals surface area contributed by atoms with Gasteiger partial charge in [-0.1, -0.05) is 64.7 Å². The molecule has 0 aliphatic heterocycles. The first kappa shape index (κ1) is 14.0. The van der Waals surface area contributed by atoms with Crippen LogP contribution in [0.1, 0.15) is 84.0 Å². The highest BCUT2D eigenvalue weighted by molar-refractivity contribution is 4.73. The monoisotopic (exact) mass is 226 g/mol. The van der Waals surface area contributed by atoms with E-state index in [0.29, 0.717) is 5.92 Å². The molecule has 1 aliphatic rings. The molecule has 0 aromatic carbocycles. The summed E-state index contributed by atoms with van der Waals surface area (Å²) in [6.07, 6.45) is 15.7. The molecular weight excluding hydrogens is 196 g/mol. The molecule has 1 heteroatoms. The second-order valence-electron chi connectivity index (χ2n) is 5.52. The molecule has 0 spiro atoms. The third kappa shape index (κ3) is 5.89. The van der Waals surface area contributed by atoms with Crippen molar-refractivity contribution in [2.45, 2.75) is 90.1 Å². The molecule has 1 nitrogen and oxygen atoms in total. The zero-order valence-corrected chi connectivity index (χ0v) is 11.1. The van der Waals surface area contributed by atoms with E-state index in [4.69, 9.17) is 0 Å². The maximum Gasteiger partial charge on any atom is 0.0568 e. The molecule has 1 unspecified atom stereocenters. The molecule has 1 aliphatic carbocycles. The van der Waals surface area contributed by atoms with Crippen LogP contribution in [0.5, 0.6) is 0 Å². The topological polar surface area (TPSA) is 20.2 Å². The quantitative estimate of drug-likeness (QED) is 0.596. The normalized spacial score (nSPS) is 19.9. The summed E-state index contributed by atoms with van der Waals surface area (Å²) >= 11 is 0. The van der Waals surface area contributed by atoms with E-state index in [9.17, 15) is 5.11 Å². The van der Waals surface area contributed by atoms with Gasteiger partial charge in [-0.25, -0.2) is 0 Å². The molecule has 16 heavy (non-hydrogen) atoms. The Morgan fingerprint density at radius 3 is 2.25 bits per heavy atom. The van der Waals surface area contributed by atoms with Crippen molar-refractivity contribution in [2.75, 3.05) is 0 Å². The summed E-state index contributed by atoms with van der Waals surface area (Å²) in [5, 5.41) is 10.1. The second-order valence-corrected chi connectivity index (χ2v) is 5.52. The standard InChI is InChI=1S/C15H30O/c1-2-3-4-5-6-10-13-15(16)14-11-8-7-9-12-14/h14-16H,2-13H2,1H3. The number of hydrogen-bond donors (Lipinski definition) is 1. The molecule has 0 amide bonds. The van der Waals surface area contributed by atoms with Gasteiger partial charge in [0.25, 0.3) is 0 Å². The molecule has 0 radical (unpaired) electrons. The van der Waals surface area contributed by atoms with Crippen molar-refractivity contribution >= 4 is 0 Å². The summed E-state index contributed by atoms with van der Waals surface area (Å²) in [5.74, 6) is 0.629. The Morgan fingerprint density at radius 2 is 1.56 bits per heavy atom. The first-order valence-corrected chi connectivity index (χ1v) is 7.52. The van der Waals surface area contributed by atoms with Crippen molar-refractivity contribution in [3.8, 4) is 0 Å². The highest BCUT2D eigenvalue weighted by atomic mass is 16.3. The Balaban J connectivity index is 1.94. The van der Waals surface area contributed by atoms with Crippen LogP contribution >= 0.6 is 0 Å². The van der Waals surface area contributed by atoms with Crippen molar-refractivity contribution in [3.63, 3.8) is 0 Å². The highest BCUT2D eigenvalue weighted by Crippen LogP contribution is 2.28. The van der Waals surface area contributed by atoms with Gasteiger partial charge in [0, 0.05) is 0 Å². The molecular formula is C15H30O. The van der Waals surface area contributed by atoms with E-state index in [1.165, 1.54) is 70.6 Å². The fourth-order valence-electron chi connectivity index (χ4n) is 2.89. The zero-order chi connectivity index (χ0) is 11.6. The number of aliphatic hydroxyl groups is 1. The van der Waals surface area contributed by atoms with E-state index in [-0.39, 0.29) is 6.10 Å². The Hall–Kier alpha value is -0.0400. The van der Waals surface area contributed by atoms with Gasteiger partial charge in [-0.15, -0.1) is 0 Å². The molecule has 0 aromatic rings. The van der Waals surface area contributed by atoms with Crippen LogP contribution in [0.2, 0.25) is 0 Å². The minimum Gasteiger partial charge on any atom is -0.393 e. The summed E-state index contributed by atoms with van der Waals surface area (Å²) in [6.45, 7) is 2.26. The molecule has 1 rings (SSSR count). The van der Waals surface area contributed by atoms with Crippen LogP contribution in [0.3, 0.4) is 0 Å². The minimum absolute atomic E-state index is 0.00600. The fourth-order valence-corrected chi connectivity index (χ4v) is 2.89. The maximum atomic E-state index is 10.1. The van der Waals surface area contributed by atoms with Gasteiger partial charge in [0.2, 0.25) is 0 Å². The fraction of sp³-hybridized carbons (Fsp3) is 1.00. The SMILES string of the molecule is CCCCCCCCC(O)C1CCCCC1. The summed E-state index contributed by atoms with van der Waals surface area (Å²) in [6, 6.07) is 0. The van der Waals surface area contributed by atoms with Crippen LogP contribution in [0.15, 0.2) is 0 Å². The van der Waals surface area contributed by atoms with Gasteiger partial charge in [-0.2, -0.15) is 0 Å². The van der Waals surface area contributed by atoms with Crippen LogP contribution in [0.4, 0.5) is 0 Å². The van der Waals surface area contributed by atoms with Crippen LogP contribution in [0, 0.1) is 5.92 Å². The Labute approximate surface area is 102 Å². The molecule has 0 saturated heterocycles. The van der Waals surface area contributed by atoms with Crippen LogP contribution in [-0.4, -0.2) is 11.2 Å². The highest BCUT2D eigenvalue weighted by Gasteiger charge is 2.20. The number of rotatable bonds is 8. The predicted molar refractivity (Wildman–Crippen MR) is 70.6 cm³/mol.